The normalized spacial score (nSPS) is 27.8. The number of hydrogen-bond donors (Lipinski definition) is 0. The Labute approximate surface area is 113 Å². The van der Waals surface area contributed by atoms with Crippen LogP contribution in [0.4, 0.5) is 0 Å². The maximum atomic E-state index is 12.6. The quantitative estimate of drug-likeness (QED) is 0.712. The SMILES string of the molecule is O=C(C1CCCCC1)N1CCCCCC1CBr. The number of likely N-dealkylation sites (tertiary alicyclic amines) is 1. The van der Waals surface area contributed by atoms with Gasteiger partial charge in [0.05, 0.1) is 0 Å². The lowest BCUT2D eigenvalue weighted by Gasteiger charge is -2.33. The summed E-state index contributed by atoms with van der Waals surface area (Å²) < 4.78 is 0. The van der Waals surface area contributed by atoms with Crippen LogP contribution in [0.2, 0.25) is 0 Å². The summed E-state index contributed by atoms with van der Waals surface area (Å²) in [6.45, 7) is 0.992. The molecule has 1 aliphatic heterocycles. The van der Waals surface area contributed by atoms with Gasteiger partial charge in [0.2, 0.25) is 5.91 Å². The lowest BCUT2D eigenvalue weighted by atomic mass is 9.88. The molecule has 3 heteroatoms. The molecule has 0 aromatic rings. The van der Waals surface area contributed by atoms with Gasteiger partial charge in [0.25, 0.3) is 0 Å². The van der Waals surface area contributed by atoms with Crippen LogP contribution < -0.4 is 0 Å². The first-order valence-electron chi connectivity index (χ1n) is 7.19. The van der Waals surface area contributed by atoms with Gasteiger partial charge in [-0.15, -0.1) is 0 Å². The van der Waals surface area contributed by atoms with Crippen molar-refractivity contribution < 1.29 is 4.79 Å². The van der Waals surface area contributed by atoms with Gasteiger partial charge in [0, 0.05) is 23.8 Å². The monoisotopic (exact) mass is 301 g/mol. The molecule has 1 aliphatic carbocycles. The molecule has 2 nitrogen and oxygen atoms in total. The van der Waals surface area contributed by atoms with Gasteiger partial charge >= 0.3 is 0 Å². The molecule has 2 rings (SSSR count). The topological polar surface area (TPSA) is 20.3 Å². The predicted molar refractivity (Wildman–Crippen MR) is 74.3 cm³/mol. The molecule has 1 saturated heterocycles. The molecule has 1 amide bonds. The second kappa shape index (κ2) is 6.77. The summed E-state index contributed by atoms with van der Waals surface area (Å²) >= 11 is 3.58. The third kappa shape index (κ3) is 3.46. The summed E-state index contributed by atoms with van der Waals surface area (Å²) in [6.07, 6.45) is 11.0. The minimum absolute atomic E-state index is 0.336. The van der Waals surface area contributed by atoms with Crippen molar-refractivity contribution in [2.24, 2.45) is 5.92 Å². The van der Waals surface area contributed by atoms with Crippen molar-refractivity contribution in [1.82, 2.24) is 4.90 Å². The van der Waals surface area contributed by atoms with Crippen LogP contribution in [0.25, 0.3) is 0 Å². The summed E-state index contributed by atoms with van der Waals surface area (Å²) in [5.74, 6) is 0.791. The first-order chi connectivity index (χ1) is 8.33. The predicted octanol–water partition coefficient (Wildman–Crippen LogP) is 3.73. The fourth-order valence-corrected chi connectivity index (χ4v) is 3.89. The van der Waals surface area contributed by atoms with E-state index in [1.54, 1.807) is 0 Å². The highest BCUT2D eigenvalue weighted by molar-refractivity contribution is 9.09. The molecule has 98 valence electrons. The zero-order chi connectivity index (χ0) is 12.1. The van der Waals surface area contributed by atoms with Gasteiger partial charge < -0.3 is 4.90 Å². The highest BCUT2D eigenvalue weighted by Crippen LogP contribution is 2.28. The lowest BCUT2D eigenvalue weighted by molar-refractivity contribution is -0.138. The van der Waals surface area contributed by atoms with Crippen LogP contribution in [0.1, 0.15) is 57.8 Å². The van der Waals surface area contributed by atoms with Crippen molar-refractivity contribution in [3.8, 4) is 0 Å². The van der Waals surface area contributed by atoms with Crippen LogP contribution in [0.5, 0.6) is 0 Å². The van der Waals surface area contributed by atoms with E-state index in [1.807, 2.05) is 0 Å². The van der Waals surface area contributed by atoms with E-state index in [4.69, 9.17) is 0 Å². The number of halogens is 1. The fraction of sp³-hybridized carbons (Fsp3) is 0.929. The number of amides is 1. The Morgan fingerprint density at radius 2 is 1.65 bits per heavy atom. The maximum Gasteiger partial charge on any atom is 0.225 e. The first-order valence-corrected chi connectivity index (χ1v) is 8.31. The van der Waals surface area contributed by atoms with Gasteiger partial charge in [0.15, 0.2) is 0 Å². The number of carbonyl (C=O) groups excluding carboxylic acids is 1. The third-order valence-corrected chi connectivity index (χ3v) is 5.04. The molecule has 0 spiro atoms. The van der Waals surface area contributed by atoms with Crippen LogP contribution in [0.3, 0.4) is 0 Å². The van der Waals surface area contributed by atoms with Crippen molar-refractivity contribution in [3.63, 3.8) is 0 Å². The molecule has 0 radical (unpaired) electrons. The standard InChI is InChI=1S/C14H24BrNO/c15-11-13-9-5-2-6-10-16(13)14(17)12-7-3-1-4-8-12/h12-13H,1-11H2. The average Bonchev–Trinajstić information content (AvgIpc) is 2.64. The molecule has 2 aliphatic rings. The molecule has 1 saturated carbocycles. The van der Waals surface area contributed by atoms with Crippen molar-refractivity contribution in [1.29, 1.82) is 0 Å². The molecule has 1 unspecified atom stereocenters. The van der Waals surface area contributed by atoms with Gasteiger partial charge in [-0.25, -0.2) is 0 Å². The molecular weight excluding hydrogens is 278 g/mol. The average molecular weight is 302 g/mol. The fourth-order valence-electron chi connectivity index (χ4n) is 3.21. The summed E-state index contributed by atoms with van der Waals surface area (Å²) in [5.41, 5.74) is 0. The van der Waals surface area contributed by atoms with E-state index in [-0.39, 0.29) is 0 Å². The zero-order valence-electron chi connectivity index (χ0n) is 10.7. The Kier molecular flexibility index (Phi) is 5.33. The Hall–Kier alpha value is -0.0500. The molecule has 0 aromatic carbocycles. The summed E-state index contributed by atoms with van der Waals surface area (Å²) in [7, 11) is 0. The molecule has 0 aromatic heterocycles. The lowest BCUT2D eigenvalue weighted by Crippen LogP contribution is -2.44. The van der Waals surface area contributed by atoms with Crippen molar-refractivity contribution in [3.05, 3.63) is 0 Å². The number of rotatable bonds is 2. The Morgan fingerprint density at radius 1 is 1.00 bits per heavy atom. The Morgan fingerprint density at radius 3 is 2.35 bits per heavy atom. The molecule has 2 fully saturated rings. The number of carbonyl (C=O) groups is 1. The summed E-state index contributed by atoms with van der Waals surface area (Å²) in [5, 5.41) is 0.950. The minimum atomic E-state index is 0.336. The summed E-state index contributed by atoms with van der Waals surface area (Å²) in [4.78, 5) is 14.8. The third-order valence-electron chi connectivity index (χ3n) is 4.29. The first kappa shape index (κ1) is 13.4. The van der Waals surface area contributed by atoms with Gasteiger partial charge in [-0.3, -0.25) is 4.79 Å². The van der Waals surface area contributed by atoms with E-state index in [1.165, 1.54) is 44.9 Å². The van der Waals surface area contributed by atoms with Crippen LogP contribution >= 0.6 is 15.9 Å². The molecular formula is C14H24BrNO. The molecule has 1 heterocycles. The van der Waals surface area contributed by atoms with Crippen molar-refractivity contribution in [2.45, 2.75) is 63.8 Å². The maximum absolute atomic E-state index is 12.6. The van der Waals surface area contributed by atoms with Gasteiger partial charge in [-0.05, 0) is 25.7 Å². The molecule has 1 atom stereocenters. The van der Waals surface area contributed by atoms with E-state index in [0.29, 0.717) is 17.9 Å². The number of nitrogens with zero attached hydrogens (tertiary/aromatic N) is 1. The van der Waals surface area contributed by atoms with Crippen LogP contribution in [-0.4, -0.2) is 28.7 Å². The van der Waals surface area contributed by atoms with Crippen LogP contribution in [-0.2, 0) is 4.79 Å². The van der Waals surface area contributed by atoms with E-state index in [0.717, 1.165) is 24.7 Å². The van der Waals surface area contributed by atoms with Crippen molar-refractivity contribution >= 4 is 21.8 Å². The van der Waals surface area contributed by atoms with Gasteiger partial charge in [0.1, 0.15) is 0 Å². The molecule has 0 bridgehead atoms. The van der Waals surface area contributed by atoms with E-state index in [9.17, 15) is 4.79 Å². The molecule has 17 heavy (non-hydrogen) atoms. The van der Waals surface area contributed by atoms with Gasteiger partial charge in [-0.1, -0.05) is 48.0 Å². The summed E-state index contributed by atoms with van der Waals surface area (Å²) in [6, 6.07) is 0.451. The van der Waals surface area contributed by atoms with E-state index < -0.39 is 0 Å². The minimum Gasteiger partial charge on any atom is -0.339 e. The molecule has 0 N–H and O–H groups in total. The van der Waals surface area contributed by atoms with E-state index in [2.05, 4.69) is 20.8 Å². The van der Waals surface area contributed by atoms with Crippen LogP contribution in [0.15, 0.2) is 0 Å². The Bertz CT molecular complexity index is 251. The van der Waals surface area contributed by atoms with Crippen molar-refractivity contribution in [2.75, 3.05) is 11.9 Å². The highest BCUT2D eigenvalue weighted by Gasteiger charge is 2.30. The van der Waals surface area contributed by atoms with Crippen LogP contribution in [0, 0.1) is 5.92 Å². The second-order valence-electron chi connectivity index (χ2n) is 5.52. The smallest absolute Gasteiger partial charge is 0.225 e. The zero-order valence-corrected chi connectivity index (χ0v) is 12.3. The highest BCUT2D eigenvalue weighted by atomic mass is 79.9. The number of alkyl halides is 1. The van der Waals surface area contributed by atoms with E-state index >= 15 is 0 Å². The largest absolute Gasteiger partial charge is 0.339 e. The second-order valence-corrected chi connectivity index (χ2v) is 6.17. The number of hydrogen-bond acceptors (Lipinski definition) is 1. The van der Waals surface area contributed by atoms with Gasteiger partial charge in [-0.2, -0.15) is 0 Å². The Balaban J connectivity index is 1.98.